The molecule has 0 saturated heterocycles. The molecular weight excluding hydrogens is 236 g/mol. The van der Waals surface area contributed by atoms with Crippen molar-refractivity contribution in [3.63, 3.8) is 0 Å². The summed E-state index contributed by atoms with van der Waals surface area (Å²) in [5.74, 6) is -0.0580. The van der Waals surface area contributed by atoms with E-state index in [1.54, 1.807) is 24.3 Å². The molecule has 1 N–H and O–H groups in total. The zero-order chi connectivity index (χ0) is 12.7. The minimum Gasteiger partial charge on any atom is -0.352 e. The zero-order valence-electron chi connectivity index (χ0n) is 10.4. The molecule has 4 heteroatoms. The van der Waals surface area contributed by atoms with E-state index in [-0.39, 0.29) is 5.91 Å². The van der Waals surface area contributed by atoms with Crippen LogP contribution < -0.4 is 5.32 Å². The zero-order valence-corrected chi connectivity index (χ0v) is 11.1. The standard InChI is InChI=1S/C13H19ClN2O/c1-16(2)9-4-3-8-15-13(17)11-6-5-7-12(14)10-11/h5-7,10H,3-4,8-9H2,1-2H3,(H,15,17). The Morgan fingerprint density at radius 3 is 2.76 bits per heavy atom. The first kappa shape index (κ1) is 14.0. The summed E-state index contributed by atoms with van der Waals surface area (Å²) in [4.78, 5) is 13.9. The van der Waals surface area contributed by atoms with Crippen molar-refractivity contribution < 1.29 is 4.79 Å². The highest BCUT2D eigenvalue weighted by Crippen LogP contribution is 2.10. The highest BCUT2D eigenvalue weighted by atomic mass is 35.5. The predicted octanol–water partition coefficient (Wildman–Crippen LogP) is 2.41. The van der Waals surface area contributed by atoms with E-state index < -0.39 is 0 Å². The Balaban J connectivity index is 2.26. The molecule has 0 unspecified atom stereocenters. The van der Waals surface area contributed by atoms with Crippen LogP contribution in [0, 0.1) is 0 Å². The van der Waals surface area contributed by atoms with Crippen LogP contribution in [-0.4, -0.2) is 38.0 Å². The van der Waals surface area contributed by atoms with Gasteiger partial charge < -0.3 is 10.2 Å². The average molecular weight is 255 g/mol. The molecule has 0 atom stereocenters. The topological polar surface area (TPSA) is 32.3 Å². The maximum Gasteiger partial charge on any atom is 0.251 e. The predicted molar refractivity (Wildman–Crippen MR) is 71.6 cm³/mol. The fraction of sp³-hybridized carbons (Fsp3) is 0.462. The lowest BCUT2D eigenvalue weighted by Gasteiger charge is -2.09. The second kappa shape index (κ2) is 7.30. The number of nitrogens with zero attached hydrogens (tertiary/aromatic N) is 1. The lowest BCUT2D eigenvalue weighted by atomic mass is 10.2. The summed E-state index contributed by atoms with van der Waals surface area (Å²) < 4.78 is 0. The molecule has 0 aromatic heterocycles. The molecular formula is C13H19ClN2O. The molecule has 17 heavy (non-hydrogen) atoms. The fourth-order valence-electron chi connectivity index (χ4n) is 1.49. The van der Waals surface area contributed by atoms with Crippen LogP contribution in [0.15, 0.2) is 24.3 Å². The summed E-state index contributed by atoms with van der Waals surface area (Å²) in [6.45, 7) is 1.76. The Kier molecular flexibility index (Phi) is 6.01. The summed E-state index contributed by atoms with van der Waals surface area (Å²) in [6.07, 6.45) is 2.08. The number of carbonyl (C=O) groups excluding carboxylic acids is 1. The molecule has 1 aromatic rings. The summed E-state index contributed by atoms with van der Waals surface area (Å²) in [7, 11) is 4.09. The number of hydrogen-bond donors (Lipinski definition) is 1. The summed E-state index contributed by atoms with van der Waals surface area (Å²) in [6, 6.07) is 6.98. The van der Waals surface area contributed by atoms with E-state index in [0.717, 1.165) is 19.4 Å². The largest absolute Gasteiger partial charge is 0.352 e. The second-order valence-electron chi connectivity index (χ2n) is 4.28. The van der Waals surface area contributed by atoms with Crippen LogP contribution in [0.3, 0.4) is 0 Å². The number of halogens is 1. The van der Waals surface area contributed by atoms with Crippen molar-refractivity contribution >= 4 is 17.5 Å². The second-order valence-corrected chi connectivity index (χ2v) is 4.71. The van der Waals surface area contributed by atoms with Crippen molar-refractivity contribution in [1.82, 2.24) is 10.2 Å². The fourth-order valence-corrected chi connectivity index (χ4v) is 1.68. The molecule has 0 aliphatic carbocycles. The molecule has 0 heterocycles. The third-order valence-electron chi connectivity index (χ3n) is 2.40. The lowest BCUT2D eigenvalue weighted by Crippen LogP contribution is -2.25. The van der Waals surface area contributed by atoms with Gasteiger partial charge in [-0.05, 0) is 51.7 Å². The quantitative estimate of drug-likeness (QED) is 0.791. The number of carbonyl (C=O) groups is 1. The third-order valence-corrected chi connectivity index (χ3v) is 2.64. The van der Waals surface area contributed by atoms with Crippen LogP contribution in [0.5, 0.6) is 0 Å². The van der Waals surface area contributed by atoms with Crippen LogP contribution in [0.2, 0.25) is 5.02 Å². The summed E-state index contributed by atoms with van der Waals surface area (Å²) in [5.41, 5.74) is 0.616. The maximum atomic E-state index is 11.7. The minimum atomic E-state index is -0.0580. The van der Waals surface area contributed by atoms with Crippen molar-refractivity contribution in [2.75, 3.05) is 27.2 Å². The number of unbranched alkanes of at least 4 members (excludes halogenated alkanes) is 1. The number of nitrogens with one attached hydrogen (secondary N) is 1. The Morgan fingerprint density at radius 1 is 1.35 bits per heavy atom. The van der Waals surface area contributed by atoms with Gasteiger partial charge in [0.2, 0.25) is 0 Å². The molecule has 1 amide bonds. The lowest BCUT2D eigenvalue weighted by molar-refractivity contribution is 0.0953. The van der Waals surface area contributed by atoms with Crippen molar-refractivity contribution in [2.24, 2.45) is 0 Å². The smallest absolute Gasteiger partial charge is 0.251 e. The van der Waals surface area contributed by atoms with Crippen molar-refractivity contribution in [1.29, 1.82) is 0 Å². The van der Waals surface area contributed by atoms with Gasteiger partial charge in [0.1, 0.15) is 0 Å². The molecule has 1 aromatic carbocycles. The molecule has 94 valence electrons. The van der Waals surface area contributed by atoms with E-state index in [0.29, 0.717) is 17.1 Å². The molecule has 3 nitrogen and oxygen atoms in total. The summed E-state index contributed by atoms with van der Waals surface area (Å²) in [5, 5.41) is 3.47. The van der Waals surface area contributed by atoms with Gasteiger partial charge in [-0.1, -0.05) is 17.7 Å². The number of amides is 1. The van der Waals surface area contributed by atoms with Crippen molar-refractivity contribution in [3.8, 4) is 0 Å². The summed E-state index contributed by atoms with van der Waals surface area (Å²) >= 11 is 5.82. The number of rotatable bonds is 6. The minimum absolute atomic E-state index is 0.0580. The van der Waals surface area contributed by atoms with Crippen LogP contribution in [0.1, 0.15) is 23.2 Å². The highest BCUT2D eigenvalue weighted by Gasteiger charge is 2.04. The van der Waals surface area contributed by atoms with Crippen LogP contribution >= 0.6 is 11.6 Å². The van der Waals surface area contributed by atoms with Crippen molar-refractivity contribution in [3.05, 3.63) is 34.9 Å². The average Bonchev–Trinajstić information content (AvgIpc) is 2.28. The Hall–Kier alpha value is -1.06. The van der Waals surface area contributed by atoms with Gasteiger partial charge in [-0.25, -0.2) is 0 Å². The molecule has 0 bridgehead atoms. The molecule has 0 radical (unpaired) electrons. The van der Waals surface area contributed by atoms with E-state index >= 15 is 0 Å². The first-order valence-electron chi connectivity index (χ1n) is 5.78. The van der Waals surface area contributed by atoms with Crippen molar-refractivity contribution in [2.45, 2.75) is 12.8 Å². The van der Waals surface area contributed by atoms with Gasteiger partial charge >= 0.3 is 0 Å². The Labute approximate surface area is 108 Å². The van der Waals surface area contributed by atoms with E-state index in [9.17, 15) is 4.79 Å². The van der Waals surface area contributed by atoms with Gasteiger partial charge in [-0.15, -0.1) is 0 Å². The molecule has 0 fully saturated rings. The Bertz CT molecular complexity index is 366. The van der Waals surface area contributed by atoms with Gasteiger partial charge in [0.25, 0.3) is 5.91 Å². The molecule has 0 aliphatic heterocycles. The maximum absolute atomic E-state index is 11.7. The SMILES string of the molecule is CN(C)CCCCNC(=O)c1cccc(Cl)c1. The molecule has 0 saturated carbocycles. The van der Waals surface area contributed by atoms with Gasteiger partial charge in [-0.2, -0.15) is 0 Å². The monoisotopic (exact) mass is 254 g/mol. The van der Waals surface area contributed by atoms with Gasteiger partial charge in [0.15, 0.2) is 0 Å². The van der Waals surface area contributed by atoms with E-state index in [2.05, 4.69) is 10.2 Å². The molecule has 0 aliphatic rings. The van der Waals surface area contributed by atoms with E-state index in [4.69, 9.17) is 11.6 Å². The Morgan fingerprint density at radius 2 is 2.12 bits per heavy atom. The van der Waals surface area contributed by atoms with Gasteiger partial charge in [-0.3, -0.25) is 4.79 Å². The first-order chi connectivity index (χ1) is 8.09. The molecule has 1 rings (SSSR count). The van der Waals surface area contributed by atoms with E-state index in [1.807, 2.05) is 14.1 Å². The number of benzene rings is 1. The van der Waals surface area contributed by atoms with Gasteiger partial charge in [0.05, 0.1) is 0 Å². The molecule has 0 spiro atoms. The number of hydrogen-bond acceptors (Lipinski definition) is 2. The van der Waals surface area contributed by atoms with Crippen LogP contribution in [-0.2, 0) is 0 Å². The third kappa shape index (κ3) is 5.71. The first-order valence-corrected chi connectivity index (χ1v) is 6.16. The van der Waals surface area contributed by atoms with E-state index in [1.165, 1.54) is 0 Å². The highest BCUT2D eigenvalue weighted by molar-refractivity contribution is 6.30. The normalized spacial score (nSPS) is 10.6. The van der Waals surface area contributed by atoms with Crippen LogP contribution in [0.25, 0.3) is 0 Å². The van der Waals surface area contributed by atoms with Crippen LogP contribution in [0.4, 0.5) is 0 Å². The van der Waals surface area contributed by atoms with Gasteiger partial charge in [0, 0.05) is 17.1 Å².